The van der Waals surface area contributed by atoms with Crippen LogP contribution in [0.2, 0.25) is 0 Å². The zero-order valence-corrected chi connectivity index (χ0v) is 17.7. The Labute approximate surface area is 181 Å². The number of nitrogens with zero attached hydrogens (tertiary/aromatic N) is 3. The van der Waals surface area contributed by atoms with Crippen molar-refractivity contribution in [3.05, 3.63) is 77.2 Å². The third-order valence-corrected chi connectivity index (χ3v) is 4.79. The Kier molecular flexibility index (Phi) is 6.21. The second kappa shape index (κ2) is 9.38. The highest BCUT2D eigenvalue weighted by Gasteiger charge is 2.11. The number of nitrogens with one attached hydrogen (secondary N) is 2. The van der Waals surface area contributed by atoms with Crippen LogP contribution in [-0.2, 0) is 11.2 Å². The summed E-state index contributed by atoms with van der Waals surface area (Å²) < 4.78 is 6.01. The van der Waals surface area contributed by atoms with E-state index in [0.29, 0.717) is 30.2 Å². The normalized spacial score (nSPS) is 12.8. The number of amides is 1. The number of benzene rings is 1. The molecule has 2 N–H and O–H groups in total. The predicted octanol–water partition coefficient (Wildman–Crippen LogP) is 3.81. The minimum Gasteiger partial charge on any atom is -0.457 e. The Morgan fingerprint density at radius 3 is 2.81 bits per heavy atom. The molecule has 0 spiro atoms. The summed E-state index contributed by atoms with van der Waals surface area (Å²) in [6.45, 7) is 5.49. The van der Waals surface area contributed by atoms with Crippen LogP contribution in [0.1, 0.15) is 28.9 Å². The third kappa shape index (κ3) is 5.66. The lowest BCUT2D eigenvalue weighted by Gasteiger charge is -2.10. The number of aliphatic imine (C=N–C) groups is 1. The summed E-state index contributed by atoms with van der Waals surface area (Å²) in [6, 6.07) is 15.3. The van der Waals surface area contributed by atoms with Gasteiger partial charge in [0.05, 0.1) is 6.54 Å². The van der Waals surface area contributed by atoms with E-state index in [1.165, 1.54) is 0 Å². The Morgan fingerprint density at radius 2 is 2.00 bits per heavy atom. The fraction of sp³-hybridized carbons (Fsp3) is 0.250. The molecule has 7 heteroatoms. The topological polar surface area (TPSA) is 88.5 Å². The van der Waals surface area contributed by atoms with E-state index in [1.807, 2.05) is 62.4 Å². The van der Waals surface area contributed by atoms with E-state index in [9.17, 15) is 4.79 Å². The Morgan fingerprint density at radius 1 is 1.13 bits per heavy atom. The minimum atomic E-state index is -0.0626. The molecular weight excluding hydrogens is 390 g/mol. The Bertz CT molecular complexity index is 1110. The molecule has 1 aromatic carbocycles. The minimum absolute atomic E-state index is 0.0626. The van der Waals surface area contributed by atoms with Crippen LogP contribution in [0.25, 0.3) is 0 Å². The van der Waals surface area contributed by atoms with Gasteiger partial charge in [-0.25, -0.2) is 4.98 Å². The van der Waals surface area contributed by atoms with Gasteiger partial charge in [-0.3, -0.25) is 14.8 Å². The molecule has 1 aliphatic heterocycles. The molecule has 0 aliphatic carbocycles. The fourth-order valence-electron chi connectivity index (χ4n) is 3.44. The smallest absolute Gasteiger partial charge is 0.225 e. The number of hydrogen-bond acceptors (Lipinski definition) is 6. The van der Waals surface area contributed by atoms with E-state index in [1.54, 1.807) is 6.20 Å². The van der Waals surface area contributed by atoms with Crippen molar-refractivity contribution >= 4 is 17.6 Å². The molecule has 0 saturated heterocycles. The van der Waals surface area contributed by atoms with Gasteiger partial charge in [0.25, 0.3) is 0 Å². The standard InChI is InChI=1S/C24H25N5O2/c1-16-12-17(2)28-22(13-16)29-23(30)7-6-18-4-3-5-19(14-18)31-20-8-9-25-21(15-20)24-26-10-11-27-24/h3-5,8-9,12-15H,6-7,10-11H2,1-2H3,(H,26,27)(H,28,29,30). The second-order valence-corrected chi connectivity index (χ2v) is 7.50. The van der Waals surface area contributed by atoms with Gasteiger partial charge in [0.2, 0.25) is 5.91 Å². The molecule has 0 atom stereocenters. The summed E-state index contributed by atoms with van der Waals surface area (Å²) in [5, 5.41) is 6.09. The summed E-state index contributed by atoms with van der Waals surface area (Å²) in [7, 11) is 0. The van der Waals surface area contributed by atoms with Crippen molar-refractivity contribution in [2.24, 2.45) is 4.99 Å². The van der Waals surface area contributed by atoms with Gasteiger partial charge < -0.3 is 15.4 Å². The zero-order valence-electron chi connectivity index (χ0n) is 17.7. The molecular formula is C24H25N5O2. The highest BCUT2D eigenvalue weighted by atomic mass is 16.5. The van der Waals surface area contributed by atoms with E-state index in [4.69, 9.17) is 4.74 Å². The first-order chi connectivity index (χ1) is 15.0. The van der Waals surface area contributed by atoms with Crippen LogP contribution in [0, 0.1) is 13.8 Å². The molecule has 0 unspecified atom stereocenters. The summed E-state index contributed by atoms with van der Waals surface area (Å²) >= 11 is 0. The number of carbonyl (C=O) groups is 1. The van der Waals surface area contributed by atoms with Gasteiger partial charge >= 0.3 is 0 Å². The van der Waals surface area contributed by atoms with Crippen LogP contribution in [-0.4, -0.2) is 34.8 Å². The van der Waals surface area contributed by atoms with Crippen LogP contribution >= 0.6 is 0 Å². The number of rotatable bonds is 7. The van der Waals surface area contributed by atoms with Gasteiger partial charge in [-0.05, 0) is 61.7 Å². The average molecular weight is 415 g/mol. The van der Waals surface area contributed by atoms with E-state index in [0.717, 1.165) is 41.4 Å². The summed E-state index contributed by atoms with van der Waals surface area (Å²) in [5.41, 5.74) is 3.75. The number of anilines is 1. The average Bonchev–Trinajstić information content (AvgIpc) is 3.27. The van der Waals surface area contributed by atoms with Crippen LogP contribution in [0.3, 0.4) is 0 Å². The largest absolute Gasteiger partial charge is 0.457 e. The van der Waals surface area contributed by atoms with Gasteiger partial charge in [0.15, 0.2) is 0 Å². The van der Waals surface area contributed by atoms with Crippen molar-refractivity contribution in [3.63, 3.8) is 0 Å². The maximum absolute atomic E-state index is 12.3. The highest BCUT2D eigenvalue weighted by molar-refractivity contribution is 5.98. The first kappa shape index (κ1) is 20.5. The fourth-order valence-corrected chi connectivity index (χ4v) is 3.44. The lowest BCUT2D eigenvalue weighted by atomic mass is 10.1. The highest BCUT2D eigenvalue weighted by Crippen LogP contribution is 2.23. The van der Waals surface area contributed by atoms with Crippen molar-refractivity contribution < 1.29 is 9.53 Å². The third-order valence-electron chi connectivity index (χ3n) is 4.79. The second-order valence-electron chi connectivity index (χ2n) is 7.50. The number of pyridine rings is 2. The molecule has 31 heavy (non-hydrogen) atoms. The van der Waals surface area contributed by atoms with Gasteiger partial charge in [-0.2, -0.15) is 0 Å². The van der Waals surface area contributed by atoms with Crippen molar-refractivity contribution in [3.8, 4) is 11.5 Å². The van der Waals surface area contributed by atoms with E-state index >= 15 is 0 Å². The number of amidine groups is 1. The number of aryl methyl sites for hydroxylation is 3. The molecule has 4 rings (SSSR count). The molecule has 1 aliphatic rings. The first-order valence-corrected chi connectivity index (χ1v) is 10.3. The van der Waals surface area contributed by atoms with Gasteiger partial charge in [-0.15, -0.1) is 0 Å². The maximum atomic E-state index is 12.3. The van der Waals surface area contributed by atoms with Crippen molar-refractivity contribution in [2.45, 2.75) is 26.7 Å². The van der Waals surface area contributed by atoms with E-state index in [-0.39, 0.29) is 5.91 Å². The Hall–Kier alpha value is -3.74. The SMILES string of the molecule is Cc1cc(C)nc(NC(=O)CCc2cccc(Oc3ccnc(C4=NCCN4)c3)c2)c1. The number of hydrogen-bond donors (Lipinski definition) is 2. The summed E-state index contributed by atoms with van der Waals surface area (Å²) in [5.74, 6) is 2.73. The molecule has 0 fully saturated rings. The summed E-state index contributed by atoms with van der Waals surface area (Å²) in [6.07, 6.45) is 2.68. The monoisotopic (exact) mass is 415 g/mol. The van der Waals surface area contributed by atoms with Crippen molar-refractivity contribution in [2.75, 3.05) is 18.4 Å². The van der Waals surface area contributed by atoms with Crippen LogP contribution < -0.4 is 15.4 Å². The van der Waals surface area contributed by atoms with Crippen LogP contribution in [0.4, 0.5) is 5.82 Å². The maximum Gasteiger partial charge on any atom is 0.225 e. The van der Waals surface area contributed by atoms with Gasteiger partial charge in [0.1, 0.15) is 28.8 Å². The lowest BCUT2D eigenvalue weighted by Crippen LogP contribution is -2.20. The quantitative estimate of drug-likeness (QED) is 0.613. The molecule has 0 bridgehead atoms. The van der Waals surface area contributed by atoms with Crippen LogP contribution in [0.5, 0.6) is 11.5 Å². The molecule has 3 aromatic rings. The molecule has 0 saturated carbocycles. The number of ether oxygens (including phenoxy) is 1. The molecule has 7 nitrogen and oxygen atoms in total. The number of aromatic nitrogens is 2. The molecule has 1 amide bonds. The van der Waals surface area contributed by atoms with Crippen molar-refractivity contribution in [1.29, 1.82) is 0 Å². The first-order valence-electron chi connectivity index (χ1n) is 10.3. The zero-order chi connectivity index (χ0) is 21.6. The summed E-state index contributed by atoms with van der Waals surface area (Å²) in [4.78, 5) is 25.4. The number of carbonyl (C=O) groups excluding carboxylic acids is 1. The van der Waals surface area contributed by atoms with E-state index in [2.05, 4.69) is 25.6 Å². The van der Waals surface area contributed by atoms with Gasteiger partial charge in [-0.1, -0.05) is 12.1 Å². The predicted molar refractivity (Wildman–Crippen MR) is 121 cm³/mol. The lowest BCUT2D eigenvalue weighted by molar-refractivity contribution is -0.116. The van der Waals surface area contributed by atoms with Crippen LogP contribution in [0.15, 0.2) is 59.7 Å². The molecule has 2 aromatic heterocycles. The molecule has 158 valence electrons. The molecule has 3 heterocycles. The Balaban J connectivity index is 1.36. The van der Waals surface area contributed by atoms with Crippen molar-refractivity contribution in [1.82, 2.24) is 15.3 Å². The van der Waals surface area contributed by atoms with E-state index < -0.39 is 0 Å². The molecule has 0 radical (unpaired) electrons. The van der Waals surface area contributed by atoms with Gasteiger partial charge in [0, 0.05) is 30.9 Å².